The average Bonchev–Trinajstić information content (AvgIpc) is 3.18. The first-order chi connectivity index (χ1) is 13.1. The van der Waals surface area contributed by atoms with Crippen LogP contribution < -0.4 is 0 Å². The maximum Gasteiger partial charge on any atom is 0.105 e. The van der Waals surface area contributed by atoms with Crippen molar-refractivity contribution in [2.45, 2.75) is 23.8 Å². The van der Waals surface area contributed by atoms with E-state index in [-0.39, 0.29) is 0 Å². The zero-order chi connectivity index (χ0) is 19.4. The molecule has 4 aromatic heterocycles. The number of hydrogen-bond acceptors (Lipinski definition) is 8. The molecule has 0 aromatic carbocycles. The first kappa shape index (κ1) is 20.5. The Hall–Kier alpha value is -1.26. The number of hydrogen-bond donors (Lipinski definition) is 0. The molecule has 0 N–H and O–H groups in total. The number of aromatic nitrogens is 4. The van der Waals surface area contributed by atoms with Gasteiger partial charge in [-0.1, -0.05) is 32.9 Å². The van der Waals surface area contributed by atoms with E-state index < -0.39 is 0 Å². The van der Waals surface area contributed by atoms with Crippen molar-refractivity contribution in [2.75, 3.05) is 12.5 Å². The van der Waals surface area contributed by atoms with Gasteiger partial charge in [-0.25, -0.2) is 0 Å². The third-order valence-corrected chi connectivity index (χ3v) is 9.07. The van der Waals surface area contributed by atoms with Crippen LogP contribution >= 0.6 is 56.4 Å². The summed E-state index contributed by atoms with van der Waals surface area (Å²) in [6.07, 6.45) is 15.1. The van der Waals surface area contributed by atoms with E-state index >= 15 is 0 Å². The molecule has 27 heavy (non-hydrogen) atoms. The highest BCUT2D eigenvalue weighted by molar-refractivity contribution is 7.99. The summed E-state index contributed by atoms with van der Waals surface area (Å²) in [5.41, 5.74) is 4.63. The molecule has 0 atom stereocenters. The molecule has 0 spiro atoms. The molecule has 4 rings (SSSR count). The van der Waals surface area contributed by atoms with Crippen molar-refractivity contribution in [3.63, 3.8) is 0 Å². The predicted molar refractivity (Wildman–Crippen MR) is 122 cm³/mol. The second-order valence-electron chi connectivity index (χ2n) is 5.50. The lowest BCUT2D eigenvalue weighted by Gasteiger charge is -1.97. The Kier molecular flexibility index (Phi) is 7.04. The van der Waals surface area contributed by atoms with Crippen LogP contribution in [0.3, 0.4) is 0 Å². The number of fused-ring (bicyclic) bond motifs is 1. The van der Waals surface area contributed by atoms with Gasteiger partial charge < -0.3 is 4.40 Å². The van der Waals surface area contributed by atoms with Gasteiger partial charge in [-0.2, -0.15) is 0 Å². The van der Waals surface area contributed by atoms with E-state index in [0.717, 1.165) is 20.0 Å². The largest absolute Gasteiger partial charge is 0.307 e. The van der Waals surface area contributed by atoms with Gasteiger partial charge in [0.1, 0.15) is 3.82 Å². The third kappa shape index (κ3) is 4.27. The van der Waals surface area contributed by atoms with Crippen LogP contribution in [0.4, 0.5) is 0 Å². The highest BCUT2D eigenvalue weighted by Crippen LogP contribution is 2.34. The SMILES string of the molecule is CSc1c(C)c(SC)n2ccncc12.Cc1c(-c2cnccn2)ssc1=S. The number of thioether (sulfide) groups is 2. The molecule has 0 aliphatic heterocycles. The summed E-state index contributed by atoms with van der Waals surface area (Å²) < 4.78 is 3.16. The Balaban J connectivity index is 0.000000156. The molecule has 4 heterocycles. The first-order valence-corrected chi connectivity index (χ1v) is 13.0. The Labute approximate surface area is 179 Å². The molecule has 4 aromatic rings. The molecule has 0 aliphatic carbocycles. The van der Waals surface area contributed by atoms with E-state index in [4.69, 9.17) is 12.2 Å². The molecule has 140 valence electrons. The van der Waals surface area contributed by atoms with Crippen LogP contribution in [0, 0.1) is 17.7 Å². The molecule has 4 nitrogen and oxygen atoms in total. The molecule has 0 fully saturated rings. The van der Waals surface area contributed by atoms with Gasteiger partial charge in [-0.15, -0.1) is 23.5 Å². The lowest BCUT2D eigenvalue weighted by molar-refractivity contribution is 1.01. The fourth-order valence-corrected chi connectivity index (χ4v) is 7.05. The molecule has 0 bridgehead atoms. The van der Waals surface area contributed by atoms with Crippen LogP contribution in [0.5, 0.6) is 0 Å². The van der Waals surface area contributed by atoms with Gasteiger partial charge in [-0.05, 0) is 37.5 Å². The summed E-state index contributed by atoms with van der Waals surface area (Å²) >= 11 is 8.72. The molecule has 0 unspecified atom stereocenters. The smallest absolute Gasteiger partial charge is 0.105 e. The topological polar surface area (TPSA) is 43.1 Å². The van der Waals surface area contributed by atoms with E-state index in [0.29, 0.717) is 0 Å². The Bertz CT molecular complexity index is 1060. The summed E-state index contributed by atoms with van der Waals surface area (Å²) in [6.45, 7) is 4.20. The molecule has 9 heteroatoms. The van der Waals surface area contributed by atoms with Crippen molar-refractivity contribution in [2.24, 2.45) is 0 Å². The average molecular weight is 451 g/mol. The normalized spacial score (nSPS) is 10.7. The second-order valence-corrected chi connectivity index (χ2v) is 9.93. The molecular weight excluding hydrogens is 433 g/mol. The first-order valence-electron chi connectivity index (χ1n) is 7.97. The summed E-state index contributed by atoms with van der Waals surface area (Å²) in [5.74, 6) is 0. The Morgan fingerprint density at radius 2 is 1.74 bits per heavy atom. The Morgan fingerprint density at radius 3 is 2.33 bits per heavy atom. The van der Waals surface area contributed by atoms with Crippen LogP contribution in [0.2, 0.25) is 0 Å². The highest BCUT2D eigenvalue weighted by atomic mass is 32.9. The minimum atomic E-state index is 0.914. The zero-order valence-electron chi connectivity index (χ0n) is 15.3. The van der Waals surface area contributed by atoms with E-state index in [1.54, 1.807) is 62.8 Å². The summed E-state index contributed by atoms with van der Waals surface area (Å²) in [4.78, 5) is 14.9. The van der Waals surface area contributed by atoms with Gasteiger partial charge in [0.05, 0.1) is 33.5 Å². The fourth-order valence-electron chi connectivity index (χ4n) is 2.63. The molecular formula is C18H18N4S5. The molecule has 0 aliphatic rings. The third-order valence-electron chi connectivity index (χ3n) is 3.91. The lowest BCUT2D eigenvalue weighted by Crippen LogP contribution is -1.85. The zero-order valence-corrected chi connectivity index (χ0v) is 19.4. The number of rotatable bonds is 3. The van der Waals surface area contributed by atoms with Crippen molar-refractivity contribution in [1.82, 2.24) is 19.4 Å². The Morgan fingerprint density at radius 1 is 0.963 bits per heavy atom. The predicted octanol–water partition coefficient (Wildman–Crippen LogP) is 6.39. The molecule has 0 saturated heterocycles. The highest BCUT2D eigenvalue weighted by Gasteiger charge is 2.12. The van der Waals surface area contributed by atoms with E-state index in [1.165, 1.54) is 21.0 Å². The summed E-state index contributed by atoms with van der Waals surface area (Å²) in [6, 6.07) is 0. The van der Waals surface area contributed by atoms with E-state index in [9.17, 15) is 0 Å². The molecule has 0 radical (unpaired) electrons. The van der Waals surface area contributed by atoms with Gasteiger partial charge in [0.15, 0.2) is 0 Å². The van der Waals surface area contributed by atoms with Gasteiger partial charge >= 0.3 is 0 Å². The van der Waals surface area contributed by atoms with E-state index in [1.807, 2.05) is 25.5 Å². The van der Waals surface area contributed by atoms with Crippen molar-refractivity contribution in [3.05, 3.63) is 52.1 Å². The maximum absolute atomic E-state index is 5.15. The van der Waals surface area contributed by atoms with Crippen molar-refractivity contribution < 1.29 is 0 Å². The van der Waals surface area contributed by atoms with Crippen LogP contribution in [0.1, 0.15) is 11.1 Å². The van der Waals surface area contributed by atoms with Crippen molar-refractivity contribution >= 4 is 61.9 Å². The van der Waals surface area contributed by atoms with Gasteiger partial charge in [0, 0.05) is 29.7 Å². The summed E-state index contributed by atoms with van der Waals surface area (Å²) in [7, 11) is 3.28. The lowest BCUT2D eigenvalue weighted by atomic mass is 10.3. The van der Waals surface area contributed by atoms with Crippen LogP contribution in [-0.2, 0) is 0 Å². The monoisotopic (exact) mass is 450 g/mol. The van der Waals surface area contributed by atoms with Crippen LogP contribution in [0.25, 0.3) is 16.1 Å². The maximum atomic E-state index is 5.15. The molecule has 0 amide bonds. The second kappa shape index (κ2) is 9.29. The minimum Gasteiger partial charge on any atom is -0.307 e. The minimum absolute atomic E-state index is 0.914. The quantitative estimate of drug-likeness (QED) is 0.205. The number of nitrogens with zero attached hydrogens (tertiary/aromatic N) is 4. The van der Waals surface area contributed by atoms with Crippen molar-refractivity contribution in [3.8, 4) is 10.6 Å². The molecule has 0 saturated carbocycles. The fraction of sp³-hybridized carbons (Fsp3) is 0.222. The van der Waals surface area contributed by atoms with Crippen LogP contribution in [0.15, 0.2) is 47.1 Å². The van der Waals surface area contributed by atoms with E-state index in [2.05, 4.69) is 38.8 Å². The van der Waals surface area contributed by atoms with Gasteiger partial charge in [0.2, 0.25) is 0 Å². The van der Waals surface area contributed by atoms with Crippen molar-refractivity contribution in [1.29, 1.82) is 0 Å². The summed E-state index contributed by atoms with van der Waals surface area (Å²) in [5, 5.41) is 1.31. The van der Waals surface area contributed by atoms with Gasteiger partial charge in [0.25, 0.3) is 0 Å². The standard InChI is InChI=1S/C10H12N2S2.C8H6N2S3/c1-7-9(13-2)8-6-11-4-5-12(8)10(7)14-3;1-5-7(12-13-8(5)11)6-4-9-2-3-10-6/h4-6H,1-3H3;2-4H,1H3. The van der Waals surface area contributed by atoms with Crippen LogP contribution in [-0.4, -0.2) is 31.9 Å². The van der Waals surface area contributed by atoms with Gasteiger partial charge in [-0.3, -0.25) is 15.0 Å².